The van der Waals surface area contributed by atoms with Gasteiger partial charge in [-0.15, -0.1) is 0 Å². The van der Waals surface area contributed by atoms with Crippen LogP contribution in [0.25, 0.3) is 0 Å². The van der Waals surface area contributed by atoms with E-state index in [1.165, 1.54) is 0 Å². The number of hydrogen-bond acceptors (Lipinski definition) is 2. The van der Waals surface area contributed by atoms with Crippen LogP contribution in [0.15, 0.2) is 0 Å². The van der Waals surface area contributed by atoms with Gasteiger partial charge in [-0.05, 0) is 25.2 Å². The number of hydrogen-bond donors (Lipinski definition) is 1. The molecule has 0 spiro atoms. The molecule has 2 fully saturated rings. The highest BCUT2D eigenvalue weighted by Gasteiger charge is 2.52. The molecule has 2 unspecified atom stereocenters. The summed E-state index contributed by atoms with van der Waals surface area (Å²) >= 11 is 0. The Morgan fingerprint density at radius 3 is 2.69 bits per heavy atom. The molecule has 1 N–H and O–H groups in total. The van der Waals surface area contributed by atoms with Gasteiger partial charge >= 0.3 is 5.97 Å². The lowest BCUT2D eigenvalue weighted by atomic mass is 9.72. The maximum atomic E-state index is 11.8. The molecule has 4 nitrogen and oxygen atoms in total. The standard InChI is InChI=1S/C12H19NO3/c1-9-5-2-3-7-12(9,11(15)16)13-8-4-6-10(13)14/h9H,2-8H2,1H3,(H,15,16). The lowest BCUT2D eigenvalue weighted by Gasteiger charge is -2.45. The van der Waals surface area contributed by atoms with Crippen molar-refractivity contribution >= 4 is 11.9 Å². The van der Waals surface area contributed by atoms with Gasteiger partial charge in [0.25, 0.3) is 0 Å². The summed E-state index contributed by atoms with van der Waals surface area (Å²) in [6, 6.07) is 0. The second kappa shape index (κ2) is 4.07. The van der Waals surface area contributed by atoms with Gasteiger partial charge in [-0.1, -0.05) is 19.8 Å². The molecule has 1 aliphatic heterocycles. The number of carbonyl (C=O) groups excluding carboxylic acids is 1. The van der Waals surface area contributed by atoms with Crippen LogP contribution in [0, 0.1) is 5.92 Å². The third-order valence-electron chi connectivity index (χ3n) is 4.19. The number of nitrogens with zero attached hydrogens (tertiary/aromatic N) is 1. The van der Waals surface area contributed by atoms with Crippen LogP contribution in [0.3, 0.4) is 0 Å². The molecule has 16 heavy (non-hydrogen) atoms. The van der Waals surface area contributed by atoms with Crippen molar-refractivity contribution in [1.82, 2.24) is 4.90 Å². The molecule has 4 heteroatoms. The number of likely N-dealkylation sites (tertiary alicyclic amines) is 1. The fourth-order valence-electron chi connectivity index (χ4n) is 3.23. The largest absolute Gasteiger partial charge is 0.479 e. The molecule has 1 saturated carbocycles. The van der Waals surface area contributed by atoms with Crippen molar-refractivity contribution < 1.29 is 14.7 Å². The number of carboxylic acids is 1. The minimum Gasteiger partial charge on any atom is -0.479 e. The van der Waals surface area contributed by atoms with E-state index >= 15 is 0 Å². The minimum atomic E-state index is -0.911. The highest BCUT2D eigenvalue weighted by Crippen LogP contribution is 2.40. The molecule has 1 aliphatic carbocycles. The number of carboxylic acid groups (broad SMARTS) is 1. The van der Waals surface area contributed by atoms with Gasteiger partial charge in [-0.25, -0.2) is 4.79 Å². The van der Waals surface area contributed by atoms with E-state index in [1.807, 2.05) is 6.92 Å². The molecule has 0 radical (unpaired) electrons. The summed E-state index contributed by atoms with van der Waals surface area (Å²) in [5.41, 5.74) is -0.911. The van der Waals surface area contributed by atoms with Gasteiger partial charge in [0.15, 0.2) is 0 Å². The van der Waals surface area contributed by atoms with E-state index in [-0.39, 0.29) is 11.8 Å². The maximum absolute atomic E-state index is 11.8. The second-order valence-electron chi connectivity index (χ2n) is 5.03. The Kier molecular flexibility index (Phi) is 2.91. The SMILES string of the molecule is CC1CCCCC1(C(=O)O)N1CCCC1=O. The third kappa shape index (κ3) is 1.51. The van der Waals surface area contributed by atoms with Gasteiger partial charge < -0.3 is 10.0 Å². The van der Waals surface area contributed by atoms with Crippen molar-refractivity contribution in [1.29, 1.82) is 0 Å². The molecule has 1 saturated heterocycles. The molecule has 0 aromatic rings. The molecule has 2 aliphatic rings. The van der Waals surface area contributed by atoms with Crippen LogP contribution in [0.5, 0.6) is 0 Å². The van der Waals surface area contributed by atoms with Crippen molar-refractivity contribution in [3.05, 3.63) is 0 Å². The van der Waals surface area contributed by atoms with Crippen LogP contribution < -0.4 is 0 Å². The molecule has 1 amide bonds. The Morgan fingerprint density at radius 2 is 2.19 bits per heavy atom. The second-order valence-corrected chi connectivity index (χ2v) is 5.03. The number of carbonyl (C=O) groups is 2. The first-order chi connectivity index (χ1) is 7.59. The van der Waals surface area contributed by atoms with E-state index in [0.29, 0.717) is 19.4 Å². The molecular formula is C12H19NO3. The minimum absolute atomic E-state index is 0.0242. The van der Waals surface area contributed by atoms with E-state index in [4.69, 9.17) is 0 Å². The molecule has 0 bridgehead atoms. The number of amides is 1. The van der Waals surface area contributed by atoms with Crippen molar-refractivity contribution in [2.75, 3.05) is 6.54 Å². The topological polar surface area (TPSA) is 57.6 Å². The number of rotatable bonds is 2. The molecule has 2 atom stereocenters. The van der Waals surface area contributed by atoms with Gasteiger partial charge in [0.2, 0.25) is 5.91 Å². The summed E-state index contributed by atoms with van der Waals surface area (Å²) in [7, 11) is 0. The molecule has 0 aromatic carbocycles. The summed E-state index contributed by atoms with van der Waals surface area (Å²) < 4.78 is 0. The zero-order valence-electron chi connectivity index (χ0n) is 9.74. The average Bonchev–Trinajstić information content (AvgIpc) is 2.65. The summed E-state index contributed by atoms with van der Waals surface area (Å²) in [5, 5.41) is 9.54. The predicted molar refractivity (Wildman–Crippen MR) is 58.9 cm³/mol. The fourth-order valence-corrected chi connectivity index (χ4v) is 3.23. The quantitative estimate of drug-likeness (QED) is 0.777. The van der Waals surface area contributed by atoms with Crippen LogP contribution in [-0.4, -0.2) is 34.0 Å². The maximum Gasteiger partial charge on any atom is 0.329 e. The molecular weight excluding hydrogens is 206 g/mol. The first-order valence-corrected chi connectivity index (χ1v) is 6.13. The Hall–Kier alpha value is -1.06. The summed E-state index contributed by atoms with van der Waals surface area (Å²) in [6.07, 6.45) is 4.85. The van der Waals surface area contributed by atoms with E-state index in [1.54, 1.807) is 4.90 Å². The molecule has 90 valence electrons. The fraction of sp³-hybridized carbons (Fsp3) is 0.833. The first kappa shape index (κ1) is 11.4. The third-order valence-corrected chi connectivity index (χ3v) is 4.19. The highest BCUT2D eigenvalue weighted by atomic mass is 16.4. The Labute approximate surface area is 95.6 Å². The summed E-state index contributed by atoms with van der Waals surface area (Å²) in [6.45, 7) is 2.59. The van der Waals surface area contributed by atoms with E-state index in [0.717, 1.165) is 25.7 Å². The van der Waals surface area contributed by atoms with Gasteiger partial charge in [-0.3, -0.25) is 4.79 Å². The lowest BCUT2D eigenvalue weighted by Crippen LogP contribution is -2.60. The van der Waals surface area contributed by atoms with E-state index in [9.17, 15) is 14.7 Å². The molecule has 1 heterocycles. The van der Waals surface area contributed by atoms with E-state index in [2.05, 4.69) is 0 Å². The van der Waals surface area contributed by atoms with Crippen LogP contribution >= 0.6 is 0 Å². The van der Waals surface area contributed by atoms with Crippen LogP contribution in [0.2, 0.25) is 0 Å². The molecule has 2 rings (SSSR count). The highest BCUT2D eigenvalue weighted by molar-refractivity contribution is 5.88. The van der Waals surface area contributed by atoms with Gasteiger partial charge in [0.1, 0.15) is 5.54 Å². The van der Waals surface area contributed by atoms with Crippen molar-refractivity contribution in [2.24, 2.45) is 5.92 Å². The molecule has 0 aromatic heterocycles. The van der Waals surface area contributed by atoms with Crippen molar-refractivity contribution in [3.63, 3.8) is 0 Å². The van der Waals surface area contributed by atoms with Gasteiger partial charge in [0.05, 0.1) is 0 Å². The lowest BCUT2D eigenvalue weighted by molar-refractivity contribution is -0.164. The van der Waals surface area contributed by atoms with Crippen LogP contribution in [0.4, 0.5) is 0 Å². The zero-order chi connectivity index (χ0) is 11.8. The Morgan fingerprint density at radius 1 is 1.44 bits per heavy atom. The smallest absolute Gasteiger partial charge is 0.329 e. The van der Waals surface area contributed by atoms with Crippen molar-refractivity contribution in [3.8, 4) is 0 Å². The van der Waals surface area contributed by atoms with Gasteiger partial charge in [0, 0.05) is 13.0 Å². The monoisotopic (exact) mass is 225 g/mol. The summed E-state index contributed by atoms with van der Waals surface area (Å²) in [5.74, 6) is -0.716. The Balaban J connectivity index is 2.33. The predicted octanol–water partition coefficient (Wildman–Crippen LogP) is 1.64. The summed E-state index contributed by atoms with van der Waals surface area (Å²) in [4.78, 5) is 25.1. The van der Waals surface area contributed by atoms with Gasteiger partial charge in [-0.2, -0.15) is 0 Å². The van der Waals surface area contributed by atoms with Crippen LogP contribution in [-0.2, 0) is 9.59 Å². The first-order valence-electron chi connectivity index (χ1n) is 6.13. The number of aliphatic carboxylic acids is 1. The zero-order valence-corrected chi connectivity index (χ0v) is 9.74. The van der Waals surface area contributed by atoms with Crippen LogP contribution in [0.1, 0.15) is 45.4 Å². The average molecular weight is 225 g/mol. The Bertz CT molecular complexity index is 315. The van der Waals surface area contributed by atoms with Crippen molar-refractivity contribution in [2.45, 2.75) is 51.0 Å². The van der Waals surface area contributed by atoms with E-state index < -0.39 is 11.5 Å². The normalized spacial score (nSPS) is 35.4.